The molecule has 3 rings (SSSR count). The lowest BCUT2D eigenvalue weighted by molar-refractivity contribution is 0.454. The van der Waals surface area contributed by atoms with Crippen LogP contribution in [-0.2, 0) is 15.6 Å². The molecule has 0 bridgehead atoms. The first-order valence-corrected chi connectivity index (χ1v) is 13.8. The Morgan fingerprint density at radius 1 is 1.16 bits per heavy atom. The number of aryl methyl sites for hydroxylation is 1. The molecule has 0 aliphatic rings. The van der Waals surface area contributed by atoms with E-state index >= 15 is 0 Å². The van der Waals surface area contributed by atoms with Gasteiger partial charge in [-0.1, -0.05) is 30.0 Å². The monoisotopic (exact) mass is 493 g/mol. The predicted octanol–water partition coefficient (Wildman–Crippen LogP) is 3.57. The molecule has 0 aliphatic heterocycles. The number of hydrogen-bond acceptors (Lipinski definition) is 9. The lowest BCUT2D eigenvalue weighted by atomic mass is 10.4. The van der Waals surface area contributed by atoms with E-state index in [9.17, 15) is 8.42 Å². The molecule has 11 heteroatoms. The second-order valence-corrected chi connectivity index (χ2v) is 10.7. The summed E-state index contributed by atoms with van der Waals surface area (Å²) in [5.74, 6) is 2.96. The molecule has 1 aromatic carbocycles. The van der Waals surface area contributed by atoms with E-state index < -0.39 is 9.84 Å². The zero-order valence-electron chi connectivity index (χ0n) is 17.8. The van der Waals surface area contributed by atoms with Crippen LogP contribution in [0.2, 0.25) is 0 Å². The molecule has 0 saturated heterocycles. The quantitative estimate of drug-likeness (QED) is 0.229. The second kappa shape index (κ2) is 12.6. The van der Waals surface area contributed by atoms with Crippen LogP contribution in [0.4, 0.5) is 0 Å². The number of aromatic amines is 1. The van der Waals surface area contributed by atoms with E-state index in [-0.39, 0.29) is 4.90 Å². The molecule has 172 valence electrons. The molecule has 0 amide bonds. The van der Waals surface area contributed by atoms with Gasteiger partial charge in [0.15, 0.2) is 0 Å². The Bertz CT molecular complexity index is 1070. The van der Waals surface area contributed by atoms with Gasteiger partial charge >= 0.3 is 0 Å². The fourth-order valence-electron chi connectivity index (χ4n) is 2.68. The molecule has 2 heterocycles. The molecule has 0 unspecified atom stereocenters. The first-order valence-electron chi connectivity index (χ1n) is 10.1. The van der Waals surface area contributed by atoms with E-state index in [1.165, 1.54) is 17.2 Å². The van der Waals surface area contributed by atoms with E-state index in [0.29, 0.717) is 24.1 Å². The van der Waals surface area contributed by atoms with Crippen molar-refractivity contribution in [1.82, 2.24) is 25.6 Å². The van der Waals surface area contributed by atoms with Crippen molar-refractivity contribution in [1.29, 1.82) is 0 Å². The Kier molecular flexibility index (Phi) is 9.57. The van der Waals surface area contributed by atoms with Crippen LogP contribution < -0.4 is 10.6 Å². The normalized spacial score (nSPS) is 12.1. The maximum absolute atomic E-state index is 12.8. The molecule has 0 spiro atoms. The highest BCUT2D eigenvalue weighted by Crippen LogP contribution is 2.16. The lowest BCUT2D eigenvalue weighted by Crippen LogP contribution is -2.30. The fraction of sp³-hybridized carbons (Fsp3) is 0.333. The maximum Gasteiger partial charge on any atom is 0.255 e. The molecule has 3 aromatic rings. The number of thioether (sulfide) groups is 2. The minimum atomic E-state index is -3.56. The molecule has 0 radical (unpaired) electrons. The number of benzene rings is 1. The molecule has 8 nitrogen and oxygen atoms in total. The number of hydrogen-bond donors (Lipinski definition) is 3. The van der Waals surface area contributed by atoms with Gasteiger partial charge in [0.25, 0.3) is 5.22 Å². The van der Waals surface area contributed by atoms with Gasteiger partial charge in [0.05, 0.1) is 28.5 Å². The van der Waals surface area contributed by atoms with Crippen molar-refractivity contribution in [3.05, 3.63) is 71.7 Å². The van der Waals surface area contributed by atoms with Crippen LogP contribution in [0.3, 0.4) is 0 Å². The first kappa shape index (κ1) is 24.3. The fourth-order valence-corrected chi connectivity index (χ4v) is 5.44. The zero-order valence-corrected chi connectivity index (χ0v) is 20.2. The van der Waals surface area contributed by atoms with E-state index in [4.69, 9.17) is 4.42 Å². The summed E-state index contributed by atoms with van der Waals surface area (Å²) in [5.41, 5.74) is 2.11. The van der Waals surface area contributed by atoms with E-state index in [1.807, 2.05) is 6.92 Å². The minimum absolute atomic E-state index is 0.268. The van der Waals surface area contributed by atoms with Gasteiger partial charge in [0.1, 0.15) is 12.1 Å². The third-order valence-electron chi connectivity index (χ3n) is 4.36. The second-order valence-electron chi connectivity index (χ2n) is 6.76. The van der Waals surface area contributed by atoms with E-state index in [2.05, 4.69) is 25.6 Å². The van der Waals surface area contributed by atoms with Gasteiger partial charge in [-0.3, -0.25) is 0 Å². The molecular weight excluding hydrogens is 466 g/mol. The summed E-state index contributed by atoms with van der Waals surface area (Å²) >= 11 is 3.28. The number of nitrogens with one attached hydrogen (secondary N) is 3. The summed E-state index contributed by atoms with van der Waals surface area (Å²) in [6, 6.07) is 8.42. The van der Waals surface area contributed by atoms with Crippen molar-refractivity contribution >= 4 is 33.4 Å². The van der Waals surface area contributed by atoms with Crippen molar-refractivity contribution < 1.29 is 12.8 Å². The van der Waals surface area contributed by atoms with Gasteiger partial charge in [-0.2, -0.15) is 11.8 Å². The average Bonchev–Trinajstić information content (AvgIpc) is 3.45. The molecular formula is C21H27N5O3S3. The number of H-pyrrole nitrogens is 1. The Morgan fingerprint density at radius 2 is 1.97 bits per heavy atom. The summed E-state index contributed by atoms with van der Waals surface area (Å²) in [6.07, 6.45) is 5.69. The standard InChI is InChI=1S/C21H27N5O3S3/c1-17-19(26-16-25-17)14-30-13-10-23-20(15-32(27,28)18-6-3-2-4-7-18)22-8-5-12-31-21-24-9-11-29-21/h2-4,6-7,9,11,15-16,22-23H,5,8,10,12-14H2,1H3,(H,25,26). The van der Waals surface area contributed by atoms with Crippen molar-refractivity contribution in [3.8, 4) is 0 Å². The summed E-state index contributed by atoms with van der Waals surface area (Å²) in [6.45, 7) is 3.23. The topological polar surface area (TPSA) is 113 Å². The third-order valence-corrected chi connectivity index (χ3v) is 7.76. The largest absolute Gasteiger partial charge is 0.440 e. The Labute approximate surface area is 197 Å². The SMILES string of the molecule is Cc1nc[nH]c1CSCCNC(=CS(=O)(=O)c1ccccc1)NCCCSc1ncco1. The highest BCUT2D eigenvalue weighted by molar-refractivity contribution is 7.99. The van der Waals surface area contributed by atoms with Crippen LogP contribution in [-0.4, -0.2) is 48.0 Å². The number of nitrogens with zero attached hydrogens (tertiary/aromatic N) is 2. The van der Waals surface area contributed by atoms with Gasteiger partial charge in [0, 0.05) is 36.0 Å². The van der Waals surface area contributed by atoms with Crippen LogP contribution >= 0.6 is 23.5 Å². The number of rotatable bonds is 14. The Hall–Kier alpha value is -2.37. The molecule has 0 aliphatic carbocycles. The highest BCUT2D eigenvalue weighted by Gasteiger charge is 2.12. The number of aromatic nitrogens is 3. The van der Waals surface area contributed by atoms with Crippen molar-refractivity contribution in [2.24, 2.45) is 0 Å². The summed E-state index contributed by atoms with van der Waals surface area (Å²) in [7, 11) is -3.56. The first-order chi connectivity index (χ1) is 15.5. The molecule has 0 fully saturated rings. The van der Waals surface area contributed by atoms with Gasteiger partial charge in [-0.25, -0.2) is 18.4 Å². The van der Waals surface area contributed by atoms with Crippen LogP contribution in [0.15, 0.2) is 74.9 Å². The van der Waals surface area contributed by atoms with Crippen molar-refractivity contribution in [3.63, 3.8) is 0 Å². The summed E-state index contributed by atoms with van der Waals surface area (Å²) in [4.78, 5) is 11.7. The van der Waals surface area contributed by atoms with Crippen molar-refractivity contribution in [2.75, 3.05) is 24.6 Å². The molecule has 3 N–H and O–H groups in total. The smallest absolute Gasteiger partial charge is 0.255 e. The third kappa shape index (κ3) is 7.95. The zero-order chi connectivity index (χ0) is 22.7. The lowest BCUT2D eigenvalue weighted by Gasteiger charge is -2.14. The molecule has 2 aromatic heterocycles. The highest BCUT2D eigenvalue weighted by atomic mass is 32.2. The van der Waals surface area contributed by atoms with Gasteiger partial charge in [-0.15, -0.1) is 0 Å². The molecule has 0 atom stereocenters. The molecule has 0 saturated carbocycles. The van der Waals surface area contributed by atoms with Crippen LogP contribution in [0.5, 0.6) is 0 Å². The average molecular weight is 494 g/mol. The van der Waals surface area contributed by atoms with Crippen LogP contribution in [0.25, 0.3) is 0 Å². The van der Waals surface area contributed by atoms with Crippen LogP contribution in [0.1, 0.15) is 17.8 Å². The Morgan fingerprint density at radius 3 is 2.69 bits per heavy atom. The number of sulfone groups is 1. The molecule has 32 heavy (non-hydrogen) atoms. The minimum Gasteiger partial charge on any atom is -0.440 e. The number of oxazole rings is 1. The van der Waals surface area contributed by atoms with E-state index in [0.717, 1.165) is 35.1 Å². The summed E-state index contributed by atoms with van der Waals surface area (Å²) in [5, 5.41) is 8.36. The van der Waals surface area contributed by atoms with Gasteiger partial charge in [0.2, 0.25) is 9.84 Å². The summed E-state index contributed by atoms with van der Waals surface area (Å²) < 4.78 is 30.7. The predicted molar refractivity (Wildman–Crippen MR) is 129 cm³/mol. The maximum atomic E-state index is 12.8. The number of imidazole rings is 1. The van der Waals surface area contributed by atoms with E-state index in [1.54, 1.807) is 60.9 Å². The van der Waals surface area contributed by atoms with Crippen LogP contribution in [0, 0.1) is 6.92 Å². The van der Waals surface area contributed by atoms with Crippen molar-refractivity contribution in [2.45, 2.75) is 29.2 Å². The van der Waals surface area contributed by atoms with Gasteiger partial charge in [-0.05, 0) is 25.5 Å². The Balaban J connectivity index is 1.51. The van der Waals surface area contributed by atoms with Gasteiger partial charge < -0.3 is 20.0 Å².